The molecule has 10 aromatic rings. The lowest BCUT2D eigenvalue weighted by Crippen LogP contribution is -2.20. The Kier molecular flexibility index (Phi) is 7.28. The van der Waals surface area contributed by atoms with Crippen LogP contribution in [0.1, 0.15) is 48.3 Å². The van der Waals surface area contributed by atoms with E-state index in [1.54, 1.807) is 0 Å². The molecule has 0 saturated carbocycles. The fraction of sp³-hybridized carbons (Fsp3) is 0.137. The molecule has 1 saturated heterocycles. The van der Waals surface area contributed by atoms with Gasteiger partial charge < -0.3 is 18.9 Å². The molecule has 55 heavy (non-hydrogen) atoms. The van der Waals surface area contributed by atoms with Gasteiger partial charge in [0, 0.05) is 0 Å². The molecule has 0 N–H and O–H groups in total. The second-order valence-electron chi connectivity index (χ2n) is 15.4. The smallest absolute Gasteiger partial charge is 0.164 e. The van der Waals surface area contributed by atoms with Gasteiger partial charge in [-0.05, 0) is 125 Å². The molecule has 0 aromatic heterocycles. The fourth-order valence-electron chi connectivity index (χ4n) is 8.92. The highest BCUT2D eigenvalue weighted by molar-refractivity contribution is 6.24. The highest BCUT2D eigenvalue weighted by atomic mass is 16.7. The molecule has 4 heteroatoms. The Morgan fingerprint density at radius 1 is 0.400 bits per heavy atom. The van der Waals surface area contributed by atoms with Gasteiger partial charge in [0.25, 0.3) is 0 Å². The Hall–Kier alpha value is -6.20. The summed E-state index contributed by atoms with van der Waals surface area (Å²) in [5.74, 6) is 0.898. The van der Waals surface area contributed by atoms with Crippen LogP contribution in [0.2, 0.25) is 0 Å². The Balaban J connectivity index is 0.802. The second kappa shape index (κ2) is 12.4. The minimum Gasteiger partial charge on any atom is -0.489 e. The van der Waals surface area contributed by atoms with E-state index < -0.39 is 5.79 Å². The lowest BCUT2D eigenvalue weighted by atomic mass is 9.92. The molecule has 0 bridgehead atoms. The van der Waals surface area contributed by atoms with Crippen molar-refractivity contribution in [2.24, 2.45) is 0 Å². The van der Waals surface area contributed by atoms with Crippen molar-refractivity contribution in [3.8, 4) is 11.5 Å². The van der Waals surface area contributed by atoms with E-state index in [0.29, 0.717) is 13.2 Å². The molecule has 1 fully saturated rings. The van der Waals surface area contributed by atoms with Crippen molar-refractivity contribution in [3.05, 3.63) is 180 Å². The van der Waals surface area contributed by atoms with Gasteiger partial charge in [0.2, 0.25) is 0 Å². The Morgan fingerprint density at radius 2 is 0.745 bits per heavy atom. The van der Waals surface area contributed by atoms with Crippen molar-refractivity contribution in [3.63, 3.8) is 0 Å². The SMILES string of the molecule is CC1(C)O[C@H](c2ccc(OCc3ccc4ccc5cccc6ccc3c4c56)cc2)[C@@H](c2ccc(OCc3ccc4ccc5cccc6ccc3c4c56)cc2)O1. The normalized spacial score (nSPS) is 17.1. The van der Waals surface area contributed by atoms with Crippen LogP contribution >= 0.6 is 0 Å². The van der Waals surface area contributed by atoms with Crippen LogP contribution < -0.4 is 9.47 Å². The van der Waals surface area contributed by atoms with Crippen molar-refractivity contribution >= 4 is 64.6 Å². The minimum absolute atomic E-state index is 0.273. The van der Waals surface area contributed by atoms with Crippen LogP contribution in [0.15, 0.2) is 158 Å². The van der Waals surface area contributed by atoms with E-state index in [9.17, 15) is 0 Å². The van der Waals surface area contributed by atoms with Crippen molar-refractivity contribution in [1.82, 2.24) is 0 Å². The van der Waals surface area contributed by atoms with Crippen LogP contribution in [0.25, 0.3) is 64.6 Å². The summed E-state index contributed by atoms with van der Waals surface area (Å²) in [6.07, 6.45) is -0.545. The van der Waals surface area contributed by atoms with Crippen molar-refractivity contribution in [2.75, 3.05) is 0 Å². The molecule has 1 heterocycles. The van der Waals surface area contributed by atoms with Crippen LogP contribution in [0, 0.1) is 0 Å². The average molecular weight is 715 g/mol. The summed E-state index contributed by atoms with van der Waals surface area (Å²) in [6, 6.07) is 56.1. The van der Waals surface area contributed by atoms with E-state index in [-0.39, 0.29) is 12.2 Å². The zero-order chi connectivity index (χ0) is 36.7. The molecule has 10 aromatic carbocycles. The Labute approximate surface area is 319 Å². The van der Waals surface area contributed by atoms with Gasteiger partial charge in [-0.15, -0.1) is 0 Å². The molecular formula is C51H38O4. The summed E-state index contributed by atoms with van der Waals surface area (Å²) in [5.41, 5.74) is 4.43. The van der Waals surface area contributed by atoms with E-state index in [1.165, 1.54) is 75.8 Å². The number of benzene rings is 10. The van der Waals surface area contributed by atoms with E-state index in [4.69, 9.17) is 18.9 Å². The van der Waals surface area contributed by atoms with Gasteiger partial charge >= 0.3 is 0 Å². The third-order valence-electron chi connectivity index (χ3n) is 11.5. The predicted octanol–water partition coefficient (Wildman–Crippen LogP) is 13.2. The summed E-state index contributed by atoms with van der Waals surface area (Å²) >= 11 is 0. The molecular weight excluding hydrogens is 677 g/mol. The standard InChI is InChI=1S/C51H38O4/c1-51(2)54-49(37-17-23-41(24-18-37)52-29-39-15-13-35-11-9-31-5-3-7-33-21-27-43(39)47(35)45(31)33)50(55-51)38-19-25-42(26-20-38)53-30-40-16-14-36-12-10-32-6-4-8-34-22-28-44(40)48(36)46(32)34/h3-28,49-50H,29-30H2,1-2H3/t49-,50-/m1/s1. The van der Waals surface area contributed by atoms with Gasteiger partial charge in [-0.3, -0.25) is 0 Å². The maximum absolute atomic E-state index is 6.51. The maximum atomic E-state index is 6.51. The molecule has 266 valence electrons. The van der Waals surface area contributed by atoms with Crippen molar-refractivity contribution in [2.45, 2.75) is 45.1 Å². The second-order valence-corrected chi connectivity index (χ2v) is 15.4. The van der Waals surface area contributed by atoms with Crippen LogP contribution in [-0.2, 0) is 22.7 Å². The quantitative estimate of drug-likeness (QED) is 0.147. The highest BCUT2D eigenvalue weighted by Crippen LogP contribution is 2.47. The molecule has 0 aliphatic carbocycles. The molecule has 4 nitrogen and oxygen atoms in total. The van der Waals surface area contributed by atoms with Gasteiger partial charge in [0.1, 0.15) is 36.9 Å². The van der Waals surface area contributed by atoms with Crippen molar-refractivity contribution < 1.29 is 18.9 Å². The lowest BCUT2D eigenvalue weighted by Gasteiger charge is -2.19. The average Bonchev–Trinajstić information content (AvgIpc) is 3.56. The third kappa shape index (κ3) is 5.44. The van der Waals surface area contributed by atoms with Gasteiger partial charge in [-0.25, -0.2) is 0 Å². The molecule has 0 radical (unpaired) electrons. The van der Waals surface area contributed by atoms with Gasteiger partial charge in [-0.1, -0.05) is 133 Å². The zero-order valence-electron chi connectivity index (χ0n) is 30.7. The van der Waals surface area contributed by atoms with E-state index in [1.807, 2.05) is 38.1 Å². The molecule has 0 unspecified atom stereocenters. The minimum atomic E-state index is -0.732. The Bertz CT molecular complexity index is 2780. The molecule has 11 rings (SSSR count). The number of ether oxygens (including phenoxy) is 4. The maximum Gasteiger partial charge on any atom is 0.164 e. The first kappa shape index (κ1) is 32.2. The Morgan fingerprint density at radius 3 is 1.15 bits per heavy atom. The molecule has 0 spiro atoms. The summed E-state index contributed by atoms with van der Waals surface area (Å²) in [5, 5.41) is 15.3. The van der Waals surface area contributed by atoms with E-state index in [2.05, 4.69) is 133 Å². The summed E-state index contributed by atoms with van der Waals surface area (Å²) in [6.45, 7) is 4.92. The molecule has 1 aliphatic rings. The van der Waals surface area contributed by atoms with Crippen molar-refractivity contribution in [1.29, 1.82) is 0 Å². The first-order valence-electron chi connectivity index (χ1n) is 19.1. The van der Waals surface area contributed by atoms with E-state index in [0.717, 1.165) is 22.6 Å². The van der Waals surface area contributed by atoms with Crippen LogP contribution in [0.4, 0.5) is 0 Å². The van der Waals surface area contributed by atoms with Gasteiger partial charge in [0.15, 0.2) is 5.79 Å². The summed E-state index contributed by atoms with van der Waals surface area (Å²) in [7, 11) is 0. The van der Waals surface area contributed by atoms with Gasteiger partial charge in [-0.2, -0.15) is 0 Å². The lowest BCUT2D eigenvalue weighted by molar-refractivity contribution is -0.147. The van der Waals surface area contributed by atoms with E-state index >= 15 is 0 Å². The monoisotopic (exact) mass is 714 g/mol. The number of hydrogen-bond donors (Lipinski definition) is 0. The third-order valence-corrected chi connectivity index (χ3v) is 11.5. The van der Waals surface area contributed by atoms with Crippen LogP contribution in [0.3, 0.4) is 0 Å². The summed E-state index contributed by atoms with van der Waals surface area (Å²) in [4.78, 5) is 0. The van der Waals surface area contributed by atoms with Crippen LogP contribution in [-0.4, -0.2) is 5.79 Å². The number of hydrogen-bond acceptors (Lipinski definition) is 4. The summed E-state index contributed by atoms with van der Waals surface area (Å²) < 4.78 is 25.8. The first-order chi connectivity index (χ1) is 27.0. The predicted molar refractivity (Wildman–Crippen MR) is 224 cm³/mol. The van der Waals surface area contributed by atoms with Gasteiger partial charge in [0.05, 0.1) is 0 Å². The highest BCUT2D eigenvalue weighted by Gasteiger charge is 2.43. The first-order valence-corrected chi connectivity index (χ1v) is 19.1. The largest absolute Gasteiger partial charge is 0.489 e. The molecule has 1 aliphatic heterocycles. The topological polar surface area (TPSA) is 36.9 Å². The zero-order valence-corrected chi connectivity index (χ0v) is 30.7. The number of rotatable bonds is 8. The molecule has 2 atom stereocenters. The molecule has 0 amide bonds. The van der Waals surface area contributed by atoms with Crippen LogP contribution in [0.5, 0.6) is 11.5 Å². The fourth-order valence-corrected chi connectivity index (χ4v) is 8.92.